The predicted molar refractivity (Wildman–Crippen MR) is 60.2 cm³/mol. The van der Waals surface area contributed by atoms with Crippen LogP contribution in [0.2, 0.25) is 0 Å². The molecule has 1 aromatic heterocycles. The standard InChI is InChI=1S/C10H13BrClN/c1-8(12)3-2-4-10-6-5-9(11)7-13-10/h5-8H,2-4H2,1H3. The molecule has 0 N–H and O–H groups in total. The first-order chi connectivity index (χ1) is 6.18. The van der Waals surface area contributed by atoms with Gasteiger partial charge in [-0.15, -0.1) is 11.6 Å². The molecule has 1 atom stereocenters. The summed E-state index contributed by atoms with van der Waals surface area (Å²) in [5, 5.41) is 0.274. The maximum atomic E-state index is 5.84. The molecule has 0 aliphatic rings. The minimum absolute atomic E-state index is 0.274. The van der Waals surface area contributed by atoms with Crippen molar-refractivity contribution in [2.45, 2.75) is 31.6 Å². The number of hydrogen-bond acceptors (Lipinski definition) is 1. The Morgan fingerprint density at radius 2 is 2.31 bits per heavy atom. The van der Waals surface area contributed by atoms with Crippen molar-refractivity contribution in [3.8, 4) is 0 Å². The highest BCUT2D eigenvalue weighted by molar-refractivity contribution is 9.10. The first-order valence-corrected chi connectivity index (χ1v) is 5.66. The van der Waals surface area contributed by atoms with Gasteiger partial charge in [0.15, 0.2) is 0 Å². The van der Waals surface area contributed by atoms with Crippen LogP contribution in [0.3, 0.4) is 0 Å². The second kappa shape index (κ2) is 5.61. The van der Waals surface area contributed by atoms with Crippen molar-refractivity contribution in [3.05, 3.63) is 28.5 Å². The van der Waals surface area contributed by atoms with Gasteiger partial charge in [0.2, 0.25) is 0 Å². The van der Waals surface area contributed by atoms with Crippen molar-refractivity contribution < 1.29 is 0 Å². The van der Waals surface area contributed by atoms with Crippen LogP contribution in [-0.4, -0.2) is 10.4 Å². The number of halogens is 2. The molecule has 1 unspecified atom stereocenters. The monoisotopic (exact) mass is 261 g/mol. The third-order valence-electron chi connectivity index (χ3n) is 1.82. The van der Waals surface area contributed by atoms with Gasteiger partial charge in [0.25, 0.3) is 0 Å². The van der Waals surface area contributed by atoms with Crippen molar-refractivity contribution >= 4 is 27.5 Å². The van der Waals surface area contributed by atoms with E-state index in [1.54, 1.807) is 0 Å². The van der Waals surface area contributed by atoms with Gasteiger partial charge in [0, 0.05) is 21.7 Å². The molecule has 72 valence electrons. The van der Waals surface area contributed by atoms with Crippen LogP contribution >= 0.6 is 27.5 Å². The molecule has 0 aliphatic heterocycles. The van der Waals surface area contributed by atoms with Crippen LogP contribution in [0.5, 0.6) is 0 Å². The molecule has 3 heteroatoms. The maximum absolute atomic E-state index is 5.84. The summed E-state index contributed by atoms with van der Waals surface area (Å²) in [6, 6.07) is 4.06. The molecule has 0 bridgehead atoms. The van der Waals surface area contributed by atoms with Crippen LogP contribution in [0.15, 0.2) is 22.8 Å². The summed E-state index contributed by atoms with van der Waals surface area (Å²) < 4.78 is 1.03. The summed E-state index contributed by atoms with van der Waals surface area (Å²) in [7, 11) is 0. The Bertz CT molecular complexity index is 246. The van der Waals surface area contributed by atoms with Crippen LogP contribution in [0, 0.1) is 0 Å². The van der Waals surface area contributed by atoms with Gasteiger partial charge in [0.1, 0.15) is 0 Å². The van der Waals surface area contributed by atoms with Crippen LogP contribution in [0.25, 0.3) is 0 Å². The van der Waals surface area contributed by atoms with E-state index in [0.717, 1.165) is 29.4 Å². The summed E-state index contributed by atoms with van der Waals surface area (Å²) in [5.74, 6) is 0. The molecule has 0 fully saturated rings. The zero-order valence-electron chi connectivity index (χ0n) is 7.63. The second-order valence-electron chi connectivity index (χ2n) is 3.14. The molecule has 0 saturated heterocycles. The third kappa shape index (κ3) is 4.63. The molecule has 0 spiro atoms. The van der Waals surface area contributed by atoms with Crippen molar-refractivity contribution in [1.29, 1.82) is 0 Å². The lowest BCUT2D eigenvalue weighted by Gasteiger charge is -2.02. The Labute approximate surface area is 92.6 Å². The van der Waals surface area contributed by atoms with E-state index in [1.807, 2.05) is 25.3 Å². The third-order valence-corrected chi connectivity index (χ3v) is 2.51. The number of aromatic nitrogens is 1. The fraction of sp³-hybridized carbons (Fsp3) is 0.500. The molecule has 13 heavy (non-hydrogen) atoms. The van der Waals surface area contributed by atoms with E-state index in [0.29, 0.717) is 0 Å². The van der Waals surface area contributed by atoms with Crippen molar-refractivity contribution in [2.75, 3.05) is 0 Å². The first-order valence-electron chi connectivity index (χ1n) is 4.43. The normalized spacial score (nSPS) is 12.8. The summed E-state index contributed by atoms with van der Waals surface area (Å²) >= 11 is 9.19. The van der Waals surface area contributed by atoms with Gasteiger partial charge < -0.3 is 0 Å². The largest absolute Gasteiger partial charge is 0.260 e. The number of aryl methyl sites for hydroxylation is 1. The summed E-state index contributed by atoms with van der Waals surface area (Å²) in [6.07, 6.45) is 5.02. The SMILES string of the molecule is CC(Cl)CCCc1ccc(Br)cn1. The minimum Gasteiger partial charge on any atom is -0.260 e. The topological polar surface area (TPSA) is 12.9 Å². The average molecular weight is 263 g/mol. The molecular weight excluding hydrogens is 249 g/mol. The molecular formula is C10H13BrClN. The molecule has 0 aromatic carbocycles. The lowest BCUT2D eigenvalue weighted by atomic mass is 10.1. The Morgan fingerprint density at radius 1 is 1.54 bits per heavy atom. The quantitative estimate of drug-likeness (QED) is 0.752. The number of pyridine rings is 1. The molecule has 0 amide bonds. The highest BCUT2D eigenvalue weighted by atomic mass is 79.9. The average Bonchev–Trinajstić information content (AvgIpc) is 2.08. The Kier molecular flexibility index (Phi) is 4.74. The van der Waals surface area contributed by atoms with Crippen LogP contribution in [0.1, 0.15) is 25.5 Å². The summed E-state index contributed by atoms with van der Waals surface area (Å²) in [4.78, 5) is 4.29. The lowest BCUT2D eigenvalue weighted by Crippen LogP contribution is -1.94. The van der Waals surface area contributed by atoms with Gasteiger partial charge in [-0.1, -0.05) is 0 Å². The summed E-state index contributed by atoms with van der Waals surface area (Å²) in [5.41, 5.74) is 1.14. The van der Waals surface area contributed by atoms with Crippen molar-refractivity contribution in [2.24, 2.45) is 0 Å². The molecule has 0 radical (unpaired) electrons. The molecule has 1 heterocycles. The molecule has 0 saturated carbocycles. The van der Waals surface area contributed by atoms with Gasteiger partial charge >= 0.3 is 0 Å². The molecule has 1 nitrogen and oxygen atoms in total. The maximum Gasteiger partial charge on any atom is 0.0413 e. The lowest BCUT2D eigenvalue weighted by molar-refractivity contribution is 0.713. The molecule has 0 aliphatic carbocycles. The number of alkyl halides is 1. The summed E-state index contributed by atoms with van der Waals surface area (Å²) in [6.45, 7) is 2.02. The van der Waals surface area contributed by atoms with Gasteiger partial charge in [-0.2, -0.15) is 0 Å². The number of rotatable bonds is 4. The van der Waals surface area contributed by atoms with E-state index in [-0.39, 0.29) is 5.38 Å². The Morgan fingerprint density at radius 3 is 2.85 bits per heavy atom. The fourth-order valence-corrected chi connectivity index (χ4v) is 1.51. The zero-order valence-corrected chi connectivity index (χ0v) is 9.98. The fourth-order valence-electron chi connectivity index (χ4n) is 1.12. The first kappa shape index (κ1) is 11.0. The van der Waals surface area contributed by atoms with E-state index in [2.05, 4.69) is 20.9 Å². The molecule has 1 aromatic rings. The van der Waals surface area contributed by atoms with E-state index < -0.39 is 0 Å². The second-order valence-corrected chi connectivity index (χ2v) is 4.80. The Balaban J connectivity index is 2.33. The number of hydrogen-bond donors (Lipinski definition) is 0. The van der Waals surface area contributed by atoms with E-state index >= 15 is 0 Å². The highest BCUT2D eigenvalue weighted by Gasteiger charge is 1.98. The van der Waals surface area contributed by atoms with Crippen molar-refractivity contribution in [1.82, 2.24) is 4.98 Å². The van der Waals surface area contributed by atoms with E-state index in [1.165, 1.54) is 0 Å². The van der Waals surface area contributed by atoms with Gasteiger partial charge in [-0.25, -0.2) is 0 Å². The van der Waals surface area contributed by atoms with Gasteiger partial charge in [0.05, 0.1) is 0 Å². The van der Waals surface area contributed by atoms with Crippen LogP contribution in [0.4, 0.5) is 0 Å². The number of nitrogens with zero attached hydrogens (tertiary/aromatic N) is 1. The highest BCUT2D eigenvalue weighted by Crippen LogP contribution is 2.11. The van der Waals surface area contributed by atoms with Gasteiger partial charge in [-0.3, -0.25) is 4.98 Å². The molecule has 1 rings (SSSR count). The van der Waals surface area contributed by atoms with E-state index in [4.69, 9.17) is 11.6 Å². The predicted octanol–water partition coefficient (Wildman–Crippen LogP) is 3.79. The van der Waals surface area contributed by atoms with Gasteiger partial charge in [-0.05, 0) is 54.2 Å². The Hall–Kier alpha value is -0.0800. The van der Waals surface area contributed by atoms with Crippen molar-refractivity contribution in [3.63, 3.8) is 0 Å². The minimum atomic E-state index is 0.274. The zero-order chi connectivity index (χ0) is 9.68. The van der Waals surface area contributed by atoms with Crippen LogP contribution < -0.4 is 0 Å². The van der Waals surface area contributed by atoms with Crippen LogP contribution in [-0.2, 0) is 6.42 Å². The smallest absolute Gasteiger partial charge is 0.0413 e. The van der Waals surface area contributed by atoms with E-state index in [9.17, 15) is 0 Å².